The second-order valence-electron chi connectivity index (χ2n) is 5.07. The summed E-state index contributed by atoms with van der Waals surface area (Å²) in [5.41, 5.74) is 9.71. The standard InChI is InChI=1S/C17H18N4/c1-2-3-12-4-7-14(8-5-12)21-17-15-9-6-13(18)10-16(15)19-11-20-17/h4-11H,2-3,18H2,1H3,(H,19,20,21). The molecule has 0 saturated carbocycles. The molecule has 4 heteroatoms. The maximum Gasteiger partial charge on any atom is 0.141 e. The van der Waals surface area contributed by atoms with Gasteiger partial charge in [-0.25, -0.2) is 9.97 Å². The molecule has 0 fully saturated rings. The maximum absolute atomic E-state index is 5.79. The van der Waals surface area contributed by atoms with E-state index in [9.17, 15) is 0 Å². The molecule has 0 radical (unpaired) electrons. The van der Waals surface area contributed by atoms with Crippen molar-refractivity contribution in [2.24, 2.45) is 0 Å². The molecule has 1 aromatic heterocycles. The van der Waals surface area contributed by atoms with Crippen LogP contribution in [0.5, 0.6) is 0 Å². The molecule has 3 aromatic rings. The summed E-state index contributed by atoms with van der Waals surface area (Å²) >= 11 is 0. The number of benzene rings is 2. The average molecular weight is 278 g/mol. The number of nitrogens with zero attached hydrogens (tertiary/aromatic N) is 2. The van der Waals surface area contributed by atoms with E-state index in [0.717, 1.165) is 35.2 Å². The number of rotatable bonds is 4. The third kappa shape index (κ3) is 2.94. The van der Waals surface area contributed by atoms with Crippen LogP contribution in [0.4, 0.5) is 17.2 Å². The summed E-state index contributed by atoms with van der Waals surface area (Å²) in [4.78, 5) is 8.58. The van der Waals surface area contributed by atoms with E-state index in [1.807, 2.05) is 18.2 Å². The molecule has 0 aliphatic carbocycles. The molecule has 1 heterocycles. The van der Waals surface area contributed by atoms with Gasteiger partial charge in [0.05, 0.1) is 5.52 Å². The maximum atomic E-state index is 5.79. The number of hydrogen-bond acceptors (Lipinski definition) is 4. The van der Waals surface area contributed by atoms with E-state index >= 15 is 0 Å². The summed E-state index contributed by atoms with van der Waals surface area (Å²) in [6.45, 7) is 2.19. The van der Waals surface area contributed by atoms with Crippen molar-refractivity contribution in [3.8, 4) is 0 Å². The van der Waals surface area contributed by atoms with Crippen molar-refractivity contribution in [1.29, 1.82) is 0 Å². The minimum absolute atomic E-state index is 0.705. The van der Waals surface area contributed by atoms with Crippen LogP contribution >= 0.6 is 0 Å². The third-order valence-corrected chi connectivity index (χ3v) is 3.42. The summed E-state index contributed by atoms with van der Waals surface area (Å²) in [5, 5.41) is 4.31. The Bertz CT molecular complexity index is 750. The second kappa shape index (κ2) is 5.79. The molecule has 0 unspecified atom stereocenters. The van der Waals surface area contributed by atoms with E-state index in [1.54, 1.807) is 6.33 Å². The quantitative estimate of drug-likeness (QED) is 0.710. The topological polar surface area (TPSA) is 63.8 Å². The summed E-state index contributed by atoms with van der Waals surface area (Å²) < 4.78 is 0. The molecule has 21 heavy (non-hydrogen) atoms. The van der Waals surface area contributed by atoms with E-state index in [-0.39, 0.29) is 0 Å². The van der Waals surface area contributed by atoms with Crippen LogP contribution in [0.2, 0.25) is 0 Å². The van der Waals surface area contributed by atoms with Gasteiger partial charge in [-0.05, 0) is 42.3 Å². The van der Waals surface area contributed by atoms with Gasteiger partial charge in [0.1, 0.15) is 12.1 Å². The zero-order valence-electron chi connectivity index (χ0n) is 12.0. The van der Waals surface area contributed by atoms with Gasteiger partial charge in [-0.15, -0.1) is 0 Å². The van der Waals surface area contributed by atoms with Crippen LogP contribution in [0.3, 0.4) is 0 Å². The van der Waals surface area contributed by atoms with E-state index in [2.05, 4.69) is 46.5 Å². The van der Waals surface area contributed by atoms with E-state index < -0.39 is 0 Å². The summed E-state index contributed by atoms with van der Waals surface area (Å²) in [6.07, 6.45) is 3.82. The molecule has 0 amide bonds. The van der Waals surface area contributed by atoms with Crippen molar-refractivity contribution in [2.75, 3.05) is 11.1 Å². The number of nitrogens with two attached hydrogens (primary N) is 1. The van der Waals surface area contributed by atoms with Crippen LogP contribution in [0, 0.1) is 0 Å². The fourth-order valence-electron chi connectivity index (χ4n) is 2.35. The van der Waals surface area contributed by atoms with Gasteiger partial charge in [-0.1, -0.05) is 25.5 Å². The Morgan fingerprint density at radius 2 is 1.86 bits per heavy atom. The predicted octanol–water partition coefficient (Wildman–Crippen LogP) is 3.91. The molecule has 3 N–H and O–H groups in total. The Hall–Kier alpha value is -2.62. The molecule has 0 aliphatic rings. The number of aromatic nitrogens is 2. The molecule has 3 rings (SSSR count). The minimum atomic E-state index is 0.705. The number of aryl methyl sites for hydroxylation is 1. The van der Waals surface area contributed by atoms with Gasteiger partial charge in [0.15, 0.2) is 0 Å². The number of fused-ring (bicyclic) bond motifs is 1. The van der Waals surface area contributed by atoms with Crippen LogP contribution in [-0.2, 0) is 6.42 Å². The van der Waals surface area contributed by atoms with Gasteiger partial charge in [-0.3, -0.25) is 0 Å². The molecule has 0 aliphatic heterocycles. The summed E-state index contributed by atoms with van der Waals surface area (Å²) in [5.74, 6) is 0.795. The Kier molecular flexibility index (Phi) is 3.69. The molecule has 0 spiro atoms. The van der Waals surface area contributed by atoms with Crippen molar-refractivity contribution >= 4 is 28.1 Å². The monoisotopic (exact) mass is 278 g/mol. The minimum Gasteiger partial charge on any atom is -0.399 e. The Labute approximate surface area is 124 Å². The first kappa shape index (κ1) is 13.4. The lowest BCUT2D eigenvalue weighted by Crippen LogP contribution is -1.97. The molecule has 0 saturated heterocycles. The highest BCUT2D eigenvalue weighted by atomic mass is 15.0. The zero-order valence-corrected chi connectivity index (χ0v) is 12.0. The van der Waals surface area contributed by atoms with Gasteiger partial charge in [0.25, 0.3) is 0 Å². The lowest BCUT2D eigenvalue weighted by atomic mass is 10.1. The first-order chi connectivity index (χ1) is 10.3. The number of anilines is 3. The fraction of sp³-hybridized carbons (Fsp3) is 0.176. The number of nitrogen functional groups attached to an aromatic ring is 1. The second-order valence-corrected chi connectivity index (χ2v) is 5.07. The normalized spacial score (nSPS) is 10.7. The van der Waals surface area contributed by atoms with Gasteiger partial charge < -0.3 is 11.1 Å². The molecular weight excluding hydrogens is 260 g/mol. The highest BCUT2D eigenvalue weighted by molar-refractivity contribution is 5.92. The van der Waals surface area contributed by atoms with Crippen LogP contribution in [0.1, 0.15) is 18.9 Å². The fourth-order valence-corrected chi connectivity index (χ4v) is 2.35. The van der Waals surface area contributed by atoms with Gasteiger partial charge in [0, 0.05) is 16.8 Å². The van der Waals surface area contributed by atoms with Gasteiger partial charge in [0.2, 0.25) is 0 Å². The Balaban J connectivity index is 1.90. The summed E-state index contributed by atoms with van der Waals surface area (Å²) in [6, 6.07) is 14.1. The van der Waals surface area contributed by atoms with Crippen LogP contribution in [0.15, 0.2) is 48.8 Å². The van der Waals surface area contributed by atoms with Crippen LogP contribution in [-0.4, -0.2) is 9.97 Å². The van der Waals surface area contributed by atoms with E-state index in [4.69, 9.17) is 5.73 Å². The lowest BCUT2D eigenvalue weighted by Gasteiger charge is -2.09. The number of nitrogens with one attached hydrogen (secondary N) is 1. The zero-order chi connectivity index (χ0) is 14.7. The lowest BCUT2D eigenvalue weighted by molar-refractivity contribution is 0.922. The Morgan fingerprint density at radius 3 is 2.62 bits per heavy atom. The molecule has 106 valence electrons. The van der Waals surface area contributed by atoms with Crippen LogP contribution < -0.4 is 11.1 Å². The predicted molar refractivity (Wildman–Crippen MR) is 87.7 cm³/mol. The van der Waals surface area contributed by atoms with Crippen molar-refractivity contribution < 1.29 is 0 Å². The first-order valence-electron chi connectivity index (χ1n) is 7.12. The van der Waals surface area contributed by atoms with Crippen molar-refractivity contribution in [1.82, 2.24) is 9.97 Å². The number of hydrogen-bond donors (Lipinski definition) is 2. The summed E-state index contributed by atoms with van der Waals surface area (Å²) in [7, 11) is 0. The highest BCUT2D eigenvalue weighted by Gasteiger charge is 2.04. The molecular formula is C17H18N4. The molecule has 2 aromatic carbocycles. The first-order valence-corrected chi connectivity index (χ1v) is 7.12. The molecule has 0 atom stereocenters. The van der Waals surface area contributed by atoms with E-state index in [0.29, 0.717) is 5.69 Å². The van der Waals surface area contributed by atoms with Gasteiger partial charge in [-0.2, -0.15) is 0 Å². The molecule has 0 bridgehead atoms. The largest absolute Gasteiger partial charge is 0.399 e. The Morgan fingerprint density at radius 1 is 1.05 bits per heavy atom. The SMILES string of the molecule is CCCc1ccc(Nc2ncnc3cc(N)ccc23)cc1. The smallest absolute Gasteiger partial charge is 0.141 e. The van der Waals surface area contributed by atoms with Crippen molar-refractivity contribution in [3.05, 3.63) is 54.4 Å². The van der Waals surface area contributed by atoms with Crippen LogP contribution in [0.25, 0.3) is 10.9 Å². The van der Waals surface area contributed by atoms with Gasteiger partial charge >= 0.3 is 0 Å². The van der Waals surface area contributed by atoms with Crippen molar-refractivity contribution in [3.63, 3.8) is 0 Å². The average Bonchev–Trinajstić information content (AvgIpc) is 2.49. The van der Waals surface area contributed by atoms with E-state index in [1.165, 1.54) is 5.56 Å². The highest BCUT2D eigenvalue weighted by Crippen LogP contribution is 2.24. The van der Waals surface area contributed by atoms with Crippen molar-refractivity contribution in [2.45, 2.75) is 19.8 Å². The molecule has 4 nitrogen and oxygen atoms in total. The third-order valence-electron chi connectivity index (χ3n) is 3.42.